The molecule has 2 unspecified atom stereocenters. The lowest BCUT2D eigenvalue weighted by Gasteiger charge is -2.39. The van der Waals surface area contributed by atoms with E-state index >= 15 is 0 Å². The Kier molecular flexibility index (Phi) is 10.8. The van der Waals surface area contributed by atoms with Crippen LogP contribution in [0.3, 0.4) is 0 Å². The van der Waals surface area contributed by atoms with Gasteiger partial charge in [0.15, 0.2) is 23.0 Å². The van der Waals surface area contributed by atoms with Crippen LogP contribution in [0.5, 0.6) is 63.2 Å². The summed E-state index contributed by atoms with van der Waals surface area (Å²) in [6.07, 6.45) is -11.0. The molecule has 0 aliphatic carbocycles. The van der Waals surface area contributed by atoms with Crippen molar-refractivity contribution in [3.8, 4) is 74.6 Å². The molecule has 1 fully saturated rings. The molecular formula is C40H41O18+. The lowest BCUT2D eigenvalue weighted by atomic mass is 9.90. The molecule has 0 spiro atoms. The zero-order valence-corrected chi connectivity index (χ0v) is 30.8. The van der Waals surface area contributed by atoms with Crippen molar-refractivity contribution in [3.63, 3.8) is 0 Å². The van der Waals surface area contributed by atoms with Gasteiger partial charge in [-0.05, 0) is 30.5 Å². The summed E-state index contributed by atoms with van der Waals surface area (Å²) in [5.41, 5.74) is 0.731. The second-order valence-corrected chi connectivity index (χ2v) is 13.9. The fourth-order valence-electron chi connectivity index (χ4n) is 7.22. The summed E-state index contributed by atoms with van der Waals surface area (Å²) in [7, 11) is 2.57. The first kappa shape index (κ1) is 40.1. The van der Waals surface area contributed by atoms with Crippen molar-refractivity contribution in [2.45, 2.75) is 62.2 Å². The summed E-state index contributed by atoms with van der Waals surface area (Å²) in [5, 5.41) is 127. The van der Waals surface area contributed by atoms with E-state index in [4.69, 9.17) is 28.1 Å². The minimum absolute atomic E-state index is 0.0269. The zero-order valence-electron chi connectivity index (χ0n) is 30.8. The minimum Gasteiger partial charge on any atom is -0.507 e. The lowest BCUT2D eigenvalue weighted by Crippen LogP contribution is -2.60. The number of benzene rings is 4. The zero-order chi connectivity index (χ0) is 41.7. The number of aromatic hydroxyl groups is 7. The third-order valence-corrected chi connectivity index (χ3v) is 10.3. The maximum absolute atomic E-state index is 11.3. The molecule has 0 radical (unpaired) electrons. The molecule has 1 aromatic heterocycles. The predicted octanol–water partition coefficient (Wildman–Crippen LogP) is 2.34. The summed E-state index contributed by atoms with van der Waals surface area (Å²) in [6, 6.07) is 9.96. The summed E-state index contributed by atoms with van der Waals surface area (Å²) in [6.45, 7) is -0.748. The first-order valence-electron chi connectivity index (χ1n) is 17.9. The van der Waals surface area contributed by atoms with Crippen LogP contribution in [0.15, 0.2) is 52.9 Å². The minimum atomic E-state index is -1.85. The Morgan fingerprint density at radius 2 is 1.34 bits per heavy atom. The third-order valence-electron chi connectivity index (χ3n) is 10.3. The van der Waals surface area contributed by atoms with Crippen LogP contribution in [-0.2, 0) is 24.0 Å². The van der Waals surface area contributed by atoms with Crippen molar-refractivity contribution in [1.82, 2.24) is 0 Å². The van der Waals surface area contributed by atoms with E-state index in [1.807, 2.05) is 0 Å². The SMILES string of the molecule is COc1cc(-c2[o+]c3c(CCc4c(O)cc(O)c5c4OC(c4ccc(O)c(O)c4)C(O)C5)c(O)cc(O)c3cc2O[C@@H]2O[C@H](CO)[C@@H](O)[C@H](O)[C@H]2O)cc(OC)c1O. The van der Waals surface area contributed by atoms with E-state index < -0.39 is 78.3 Å². The maximum Gasteiger partial charge on any atom is 0.402 e. The number of ether oxygens (including phenoxy) is 5. The molecule has 3 heterocycles. The van der Waals surface area contributed by atoms with Gasteiger partial charge in [-0.2, -0.15) is 0 Å². The van der Waals surface area contributed by atoms with Crippen LogP contribution in [-0.4, -0.2) is 119 Å². The first-order chi connectivity index (χ1) is 27.6. The number of methoxy groups -OCH3 is 2. The maximum atomic E-state index is 11.3. The molecule has 7 atom stereocenters. The van der Waals surface area contributed by atoms with Gasteiger partial charge in [-0.1, -0.05) is 6.07 Å². The molecule has 2 aliphatic heterocycles. The Morgan fingerprint density at radius 3 is 2.00 bits per heavy atom. The highest BCUT2D eigenvalue weighted by atomic mass is 16.7. The Morgan fingerprint density at radius 1 is 0.690 bits per heavy atom. The molecule has 18 heteroatoms. The number of aliphatic hydroxyl groups is 5. The Labute approximate surface area is 328 Å². The summed E-state index contributed by atoms with van der Waals surface area (Å²) in [5.74, 6) is -3.41. The van der Waals surface area contributed by atoms with Crippen LogP contribution in [0.25, 0.3) is 22.3 Å². The molecule has 18 nitrogen and oxygen atoms in total. The van der Waals surface area contributed by atoms with Crippen molar-refractivity contribution >= 4 is 11.0 Å². The van der Waals surface area contributed by atoms with Gasteiger partial charge in [0.05, 0.1) is 38.1 Å². The van der Waals surface area contributed by atoms with E-state index in [0.717, 1.165) is 12.1 Å². The molecule has 0 amide bonds. The predicted molar refractivity (Wildman–Crippen MR) is 199 cm³/mol. The van der Waals surface area contributed by atoms with Crippen molar-refractivity contribution in [1.29, 1.82) is 0 Å². The second kappa shape index (κ2) is 15.7. The number of phenols is 7. The average molecular weight is 810 g/mol. The monoisotopic (exact) mass is 809 g/mol. The van der Waals surface area contributed by atoms with Crippen molar-refractivity contribution in [3.05, 3.63) is 70.8 Å². The molecular weight excluding hydrogens is 768 g/mol. The van der Waals surface area contributed by atoms with Gasteiger partial charge in [0.2, 0.25) is 17.8 Å². The molecule has 308 valence electrons. The van der Waals surface area contributed by atoms with Crippen LogP contribution in [0, 0.1) is 0 Å². The van der Waals surface area contributed by atoms with Gasteiger partial charge in [-0.15, -0.1) is 0 Å². The van der Waals surface area contributed by atoms with Crippen molar-refractivity contribution in [2.24, 2.45) is 0 Å². The quantitative estimate of drug-likeness (QED) is 0.0712. The average Bonchev–Trinajstić information content (AvgIpc) is 3.20. The van der Waals surface area contributed by atoms with Gasteiger partial charge in [0.1, 0.15) is 64.7 Å². The Bertz CT molecular complexity index is 2340. The van der Waals surface area contributed by atoms with Crippen LogP contribution in [0.4, 0.5) is 0 Å². The number of aliphatic hydroxyl groups excluding tert-OH is 5. The van der Waals surface area contributed by atoms with Gasteiger partial charge in [-0.3, -0.25) is 0 Å². The number of fused-ring (bicyclic) bond motifs is 2. The van der Waals surface area contributed by atoms with Crippen LogP contribution in [0.2, 0.25) is 0 Å². The number of hydrogen-bond donors (Lipinski definition) is 12. The summed E-state index contributed by atoms with van der Waals surface area (Å²) >= 11 is 0. The van der Waals surface area contributed by atoms with Gasteiger partial charge in [-0.25, -0.2) is 4.42 Å². The van der Waals surface area contributed by atoms with Crippen LogP contribution >= 0.6 is 0 Å². The lowest BCUT2D eigenvalue weighted by molar-refractivity contribution is -0.277. The molecule has 58 heavy (non-hydrogen) atoms. The van der Waals surface area contributed by atoms with E-state index in [2.05, 4.69) is 0 Å². The smallest absolute Gasteiger partial charge is 0.402 e. The number of phenolic OH excluding ortho intramolecular Hbond substituents is 7. The Balaban J connectivity index is 1.34. The molecule has 0 bridgehead atoms. The van der Waals surface area contributed by atoms with E-state index in [-0.39, 0.29) is 92.7 Å². The number of aryl methyl sites for hydroxylation is 1. The van der Waals surface area contributed by atoms with E-state index in [9.17, 15) is 61.3 Å². The van der Waals surface area contributed by atoms with Crippen LogP contribution < -0.4 is 18.9 Å². The first-order valence-corrected chi connectivity index (χ1v) is 17.9. The largest absolute Gasteiger partial charge is 0.507 e. The molecule has 0 saturated carbocycles. The van der Waals surface area contributed by atoms with Gasteiger partial charge < -0.3 is 85.0 Å². The van der Waals surface area contributed by atoms with Crippen molar-refractivity contribution < 1.29 is 89.4 Å². The summed E-state index contributed by atoms with van der Waals surface area (Å²) in [4.78, 5) is 0. The topological polar surface area (TPSA) is 300 Å². The molecule has 5 aromatic rings. The van der Waals surface area contributed by atoms with E-state index in [0.29, 0.717) is 5.56 Å². The van der Waals surface area contributed by atoms with Crippen LogP contribution in [0.1, 0.15) is 28.4 Å². The molecule has 7 rings (SSSR count). The number of rotatable bonds is 10. The molecule has 4 aromatic carbocycles. The highest BCUT2D eigenvalue weighted by Gasteiger charge is 2.46. The van der Waals surface area contributed by atoms with Gasteiger partial charge >= 0.3 is 11.3 Å². The molecule has 2 aliphatic rings. The highest BCUT2D eigenvalue weighted by molar-refractivity contribution is 5.91. The van der Waals surface area contributed by atoms with Gasteiger partial charge in [0.25, 0.3) is 0 Å². The summed E-state index contributed by atoms with van der Waals surface area (Å²) < 4.78 is 34.8. The fourth-order valence-corrected chi connectivity index (χ4v) is 7.22. The Hall–Kier alpha value is -6.15. The highest BCUT2D eigenvalue weighted by Crippen LogP contribution is 2.49. The molecule has 12 N–H and O–H groups in total. The standard InChI is InChI=1S/C40H40O18/c1-53-28-8-16(9-29(54-2)32(28)49)37-30(55-40-35(52)34(51)33(50)31(14-41)56-40)11-20-25(46)13-23(44)18(39(20)58-37)5-4-17-22(43)12-24(45)19-10-27(48)36(57-38(17)19)15-3-6-21(42)26(47)7-15/h3,6-9,11-13,27,31,33-36,40-41,48,50-52H,4-5,10,14H2,1-2H3,(H6-,42,43,44,45,46,47,49)/p+1/t27?,31-,33-,34+,35-,36?,40-/m1/s1. The van der Waals surface area contributed by atoms with E-state index in [1.165, 1.54) is 50.6 Å². The molecule has 1 saturated heterocycles. The fraction of sp³-hybridized carbons (Fsp3) is 0.325. The van der Waals surface area contributed by atoms with E-state index in [1.54, 1.807) is 0 Å². The third kappa shape index (κ3) is 7.06. The van der Waals surface area contributed by atoms with Crippen molar-refractivity contribution in [2.75, 3.05) is 20.8 Å². The van der Waals surface area contributed by atoms with Gasteiger partial charge in [0, 0.05) is 47.9 Å². The second-order valence-electron chi connectivity index (χ2n) is 13.9. The normalized spacial score (nSPS) is 22.9. The number of hydrogen-bond acceptors (Lipinski definition) is 17.